The number of alkyl halides is 1. The average molecular weight is 302 g/mol. The third-order valence-electron chi connectivity index (χ3n) is 1.17. The molecule has 0 aliphatic rings. The van der Waals surface area contributed by atoms with Crippen LogP contribution in [0.1, 0.15) is 0 Å². The second kappa shape index (κ2) is 4.18. The highest BCUT2D eigenvalue weighted by Crippen LogP contribution is 2.33. The predicted octanol–water partition coefficient (Wildman–Crippen LogP) is 3.66. The van der Waals surface area contributed by atoms with Crippen molar-refractivity contribution in [2.45, 2.75) is 0 Å². The van der Waals surface area contributed by atoms with Crippen molar-refractivity contribution in [1.29, 1.82) is 0 Å². The minimum absolute atomic E-state index is 0.143. The third-order valence-corrected chi connectivity index (χ3v) is 3.15. The number of hydrogen-bond acceptors (Lipinski definition) is 1. The van der Waals surface area contributed by atoms with Crippen molar-refractivity contribution < 1.29 is 13.5 Å². The Kier molecular flexibility index (Phi) is 3.46. The Bertz CT molecular complexity index is 291. The van der Waals surface area contributed by atoms with Crippen LogP contribution in [0.4, 0.5) is 8.78 Å². The normalized spacial score (nSPS) is 10.0. The Morgan fingerprint density at radius 3 is 2.58 bits per heavy atom. The fourth-order valence-electron chi connectivity index (χ4n) is 0.696. The van der Waals surface area contributed by atoms with Gasteiger partial charge in [0.1, 0.15) is 11.6 Å². The summed E-state index contributed by atoms with van der Waals surface area (Å²) in [4.78, 5) is 0. The molecule has 0 aromatic heterocycles. The van der Waals surface area contributed by atoms with Crippen LogP contribution in [-0.4, -0.2) is 6.86 Å². The molecule has 0 bridgehead atoms. The lowest BCUT2D eigenvalue weighted by molar-refractivity contribution is 0.190. The topological polar surface area (TPSA) is 9.23 Å². The smallest absolute Gasteiger partial charge is 0.228 e. The van der Waals surface area contributed by atoms with Crippen molar-refractivity contribution in [3.05, 3.63) is 26.9 Å². The molecule has 1 aromatic rings. The van der Waals surface area contributed by atoms with Gasteiger partial charge in [-0.3, -0.25) is 0 Å². The summed E-state index contributed by atoms with van der Waals surface area (Å²) < 4.78 is 29.9. The monoisotopic (exact) mass is 300 g/mol. The summed E-state index contributed by atoms with van der Waals surface area (Å²) in [6.45, 7) is -0.978. The molecule has 0 radical (unpaired) electrons. The van der Waals surface area contributed by atoms with Crippen LogP contribution in [0.5, 0.6) is 5.75 Å². The molecular formula is C7H4Br2F2O. The second-order valence-electron chi connectivity index (χ2n) is 1.95. The van der Waals surface area contributed by atoms with E-state index in [1.54, 1.807) is 0 Å². The van der Waals surface area contributed by atoms with Crippen LogP contribution in [0.2, 0.25) is 0 Å². The maximum atomic E-state index is 12.7. The highest BCUT2D eigenvalue weighted by Gasteiger charge is 2.07. The van der Waals surface area contributed by atoms with E-state index in [1.807, 2.05) is 0 Å². The van der Waals surface area contributed by atoms with Crippen molar-refractivity contribution in [2.24, 2.45) is 0 Å². The molecule has 0 heterocycles. The number of hydrogen-bond donors (Lipinski definition) is 0. The van der Waals surface area contributed by atoms with Gasteiger partial charge in [0.05, 0.1) is 4.47 Å². The van der Waals surface area contributed by atoms with Crippen molar-refractivity contribution in [2.75, 3.05) is 6.86 Å². The number of ether oxygens (including phenoxy) is 1. The van der Waals surface area contributed by atoms with Crippen LogP contribution in [0.15, 0.2) is 21.1 Å². The lowest BCUT2D eigenvalue weighted by atomic mass is 10.3. The Hall–Kier alpha value is -0.160. The fraction of sp³-hybridized carbons (Fsp3) is 0.143. The Morgan fingerprint density at radius 2 is 2.00 bits per heavy atom. The Morgan fingerprint density at radius 1 is 1.33 bits per heavy atom. The number of rotatable bonds is 2. The van der Waals surface area contributed by atoms with E-state index in [1.165, 1.54) is 6.07 Å². The summed E-state index contributed by atoms with van der Waals surface area (Å²) in [6, 6.07) is 2.36. The zero-order valence-electron chi connectivity index (χ0n) is 5.78. The van der Waals surface area contributed by atoms with Crippen LogP contribution in [0.3, 0.4) is 0 Å². The van der Waals surface area contributed by atoms with Gasteiger partial charge in [-0.25, -0.2) is 8.78 Å². The van der Waals surface area contributed by atoms with Gasteiger partial charge in [0.25, 0.3) is 0 Å². The van der Waals surface area contributed by atoms with Crippen LogP contribution < -0.4 is 4.74 Å². The van der Waals surface area contributed by atoms with E-state index in [0.29, 0.717) is 8.95 Å². The van der Waals surface area contributed by atoms with Crippen molar-refractivity contribution in [3.8, 4) is 5.75 Å². The van der Waals surface area contributed by atoms with Gasteiger partial charge in [0, 0.05) is 10.5 Å². The molecule has 12 heavy (non-hydrogen) atoms. The zero-order valence-corrected chi connectivity index (χ0v) is 8.95. The Balaban J connectivity index is 3.09. The van der Waals surface area contributed by atoms with Crippen LogP contribution in [0.25, 0.3) is 0 Å². The third kappa shape index (κ3) is 2.17. The van der Waals surface area contributed by atoms with E-state index < -0.39 is 12.7 Å². The van der Waals surface area contributed by atoms with Crippen LogP contribution in [-0.2, 0) is 0 Å². The first-order valence-corrected chi connectivity index (χ1v) is 4.57. The first-order valence-electron chi connectivity index (χ1n) is 2.98. The molecular weight excluding hydrogens is 298 g/mol. The molecule has 0 spiro atoms. The van der Waals surface area contributed by atoms with Gasteiger partial charge >= 0.3 is 0 Å². The molecule has 0 fully saturated rings. The lowest BCUT2D eigenvalue weighted by Gasteiger charge is -2.05. The SMILES string of the molecule is FCOc1cc(F)cc(Br)c1Br. The molecule has 1 nitrogen and oxygen atoms in total. The number of benzene rings is 1. The molecule has 0 N–H and O–H groups in total. The first kappa shape index (κ1) is 9.92. The largest absolute Gasteiger partial charge is 0.462 e. The van der Waals surface area contributed by atoms with Crippen molar-refractivity contribution in [1.82, 2.24) is 0 Å². The van der Waals surface area contributed by atoms with Crippen LogP contribution >= 0.6 is 31.9 Å². The molecule has 0 amide bonds. The molecule has 5 heteroatoms. The van der Waals surface area contributed by atoms with E-state index >= 15 is 0 Å². The maximum absolute atomic E-state index is 12.7. The van der Waals surface area contributed by atoms with E-state index in [2.05, 4.69) is 36.6 Å². The summed E-state index contributed by atoms with van der Waals surface area (Å²) in [5.74, 6) is -0.335. The predicted molar refractivity (Wildman–Crippen MR) is 48.4 cm³/mol. The molecule has 1 aromatic carbocycles. The molecule has 1 rings (SSSR count). The second-order valence-corrected chi connectivity index (χ2v) is 3.60. The van der Waals surface area contributed by atoms with E-state index in [0.717, 1.165) is 6.07 Å². The summed E-state index contributed by atoms with van der Waals surface area (Å²) in [6.07, 6.45) is 0. The molecule has 0 aliphatic heterocycles. The average Bonchev–Trinajstić information content (AvgIpc) is 2.00. The fourth-order valence-corrected chi connectivity index (χ4v) is 1.45. The summed E-state index contributed by atoms with van der Waals surface area (Å²) in [5.41, 5.74) is 0. The van der Waals surface area contributed by atoms with Gasteiger partial charge in [0.15, 0.2) is 0 Å². The molecule has 0 aliphatic carbocycles. The molecule has 0 unspecified atom stereocenters. The van der Waals surface area contributed by atoms with Crippen molar-refractivity contribution >= 4 is 31.9 Å². The molecule has 66 valence electrons. The molecule has 0 atom stereocenters. The highest BCUT2D eigenvalue weighted by atomic mass is 79.9. The quantitative estimate of drug-likeness (QED) is 0.758. The summed E-state index contributed by atoms with van der Waals surface area (Å²) >= 11 is 6.19. The first-order chi connectivity index (χ1) is 5.65. The van der Waals surface area contributed by atoms with Gasteiger partial charge in [-0.2, -0.15) is 0 Å². The summed E-state index contributed by atoms with van der Waals surface area (Å²) in [7, 11) is 0. The van der Waals surface area contributed by atoms with E-state index in [9.17, 15) is 8.78 Å². The van der Waals surface area contributed by atoms with Crippen molar-refractivity contribution in [3.63, 3.8) is 0 Å². The van der Waals surface area contributed by atoms with Gasteiger partial charge in [0.2, 0.25) is 6.86 Å². The van der Waals surface area contributed by atoms with Gasteiger partial charge < -0.3 is 4.74 Å². The zero-order chi connectivity index (χ0) is 9.14. The van der Waals surface area contributed by atoms with E-state index in [-0.39, 0.29) is 5.75 Å². The summed E-state index contributed by atoms with van der Waals surface area (Å²) in [5, 5.41) is 0. The Labute approximate surface area is 85.0 Å². The van der Waals surface area contributed by atoms with E-state index in [4.69, 9.17) is 0 Å². The van der Waals surface area contributed by atoms with Gasteiger partial charge in [-0.1, -0.05) is 0 Å². The lowest BCUT2D eigenvalue weighted by Crippen LogP contribution is -1.92. The van der Waals surface area contributed by atoms with Crippen LogP contribution in [0, 0.1) is 5.82 Å². The minimum atomic E-state index is -0.978. The van der Waals surface area contributed by atoms with Gasteiger partial charge in [-0.05, 0) is 37.9 Å². The maximum Gasteiger partial charge on any atom is 0.228 e. The molecule has 0 saturated carbocycles. The van der Waals surface area contributed by atoms with Gasteiger partial charge in [-0.15, -0.1) is 0 Å². The molecule has 0 saturated heterocycles. The number of halogens is 4. The standard InChI is InChI=1S/C7H4Br2F2O/c8-5-1-4(11)2-6(7(5)9)12-3-10/h1-2H,3H2. The minimum Gasteiger partial charge on any atom is -0.462 e. The highest BCUT2D eigenvalue weighted by molar-refractivity contribution is 9.13.